The van der Waals surface area contributed by atoms with Gasteiger partial charge in [-0.25, -0.2) is 0 Å². The van der Waals surface area contributed by atoms with E-state index >= 15 is 0 Å². The third-order valence-corrected chi connectivity index (χ3v) is 3.25. The molecular weight excluding hydrogens is 208 g/mol. The molecule has 0 heterocycles. The number of aliphatic hydroxyl groups excluding tert-OH is 1. The maximum absolute atomic E-state index is 9.60. The van der Waals surface area contributed by atoms with Gasteiger partial charge in [0.25, 0.3) is 0 Å². The van der Waals surface area contributed by atoms with E-state index in [4.69, 9.17) is 0 Å². The van der Waals surface area contributed by atoms with Crippen molar-refractivity contribution < 1.29 is 5.11 Å². The number of fused-ring (bicyclic) bond motifs is 3. The molecule has 17 heavy (non-hydrogen) atoms. The number of rotatable bonds is 1. The molecule has 0 saturated carbocycles. The summed E-state index contributed by atoms with van der Waals surface area (Å²) in [6.45, 7) is 1.79. The maximum Gasteiger partial charge on any atom is 0.0762 e. The van der Waals surface area contributed by atoms with Gasteiger partial charge in [-0.3, -0.25) is 0 Å². The summed E-state index contributed by atoms with van der Waals surface area (Å²) in [5.74, 6) is 0. The summed E-state index contributed by atoms with van der Waals surface area (Å²) in [6.07, 6.45) is -0.411. The molecule has 0 aliphatic carbocycles. The molecule has 3 rings (SSSR count). The zero-order valence-electron chi connectivity index (χ0n) is 9.72. The molecule has 1 unspecified atom stereocenters. The minimum absolute atomic E-state index is 0.411. The predicted octanol–water partition coefficient (Wildman–Crippen LogP) is 4.05. The van der Waals surface area contributed by atoms with Crippen LogP contribution in [0.3, 0.4) is 0 Å². The van der Waals surface area contributed by atoms with Crippen molar-refractivity contribution in [2.24, 2.45) is 0 Å². The molecule has 0 aliphatic rings. The Labute approximate surface area is 100 Å². The fourth-order valence-corrected chi connectivity index (χ4v) is 2.29. The average Bonchev–Trinajstić information content (AvgIpc) is 2.38. The summed E-state index contributed by atoms with van der Waals surface area (Å²) in [5, 5.41) is 14.5. The smallest absolute Gasteiger partial charge is 0.0762 e. The molecule has 0 spiro atoms. The number of benzene rings is 3. The first kappa shape index (κ1) is 10.3. The van der Waals surface area contributed by atoms with Crippen molar-refractivity contribution in [1.29, 1.82) is 0 Å². The summed E-state index contributed by atoms with van der Waals surface area (Å²) in [4.78, 5) is 0. The van der Waals surface area contributed by atoms with Crippen LogP contribution < -0.4 is 0 Å². The summed E-state index contributed by atoms with van der Waals surface area (Å²) >= 11 is 0. The van der Waals surface area contributed by atoms with E-state index in [1.165, 1.54) is 21.5 Å². The highest BCUT2D eigenvalue weighted by Crippen LogP contribution is 2.27. The lowest BCUT2D eigenvalue weighted by atomic mass is 9.99. The second-order valence-electron chi connectivity index (χ2n) is 4.44. The zero-order valence-corrected chi connectivity index (χ0v) is 9.72. The number of aliphatic hydroxyl groups is 1. The van der Waals surface area contributed by atoms with Gasteiger partial charge in [0.1, 0.15) is 0 Å². The molecule has 0 amide bonds. The Morgan fingerprint density at radius 3 is 2.35 bits per heavy atom. The normalized spacial score (nSPS) is 13.1. The van der Waals surface area contributed by atoms with Crippen molar-refractivity contribution >= 4 is 21.5 Å². The molecule has 0 radical (unpaired) electrons. The van der Waals surface area contributed by atoms with Gasteiger partial charge in [-0.2, -0.15) is 0 Å². The Morgan fingerprint density at radius 1 is 0.824 bits per heavy atom. The van der Waals surface area contributed by atoms with Crippen molar-refractivity contribution in [2.75, 3.05) is 0 Å². The SMILES string of the molecule is CC(O)c1ccc2c(ccc3ccccc32)c1. The van der Waals surface area contributed by atoms with E-state index < -0.39 is 6.10 Å². The van der Waals surface area contributed by atoms with Crippen molar-refractivity contribution in [2.45, 2.75) is 13.0 Å². The number of hydrogen-bond donors (Lipinski definition) is 1. The van der Waals surface area contributed by atoms with E-state index in [-0.39, 0.29) is 0 Å². The lowest BCUT2D eigenvalue weighted by Crippen LogP contribution is -1.90. The van der Waals surface area contributed by atoms with Gasteiger partial charge in [0.2, 0.25) is 0 Å². The minimum Gasteiger partial charge on any atom is -0.389 e. The Balaban J connectivity index is 2.37. The first-order valence-electron chi connectivity index (χ1n) is 5.85. The van der Waals surface area contributed by atoms with E-state index in [1.807, 2.05) is 6.07 Å². The van der Waals surface area contributed by atoms with Crippen molar-refractivity contribution in [3.8, 4) is 0 Å². The molecule has 84 valence electrons. The lowest BCUT2D eigenvalue weighted by molar-refractivity contribution is 0.199. The Kier molecular flexibility index (Phi) is 2.34. The van der Waals surface area contributed by atoms with E-state index in [2.05, 4.69) is 48.5 Å². The molecule has 3 aromatic rings. The largest absolute Gasteiger partial charge is 0.389 e. The maximum atomic E-state index is 9.60. The first-order chi connectivity index (χ1) is 8.25. The van der Waals surface area contributed by atoms with E-state index in [1.54, 1.807) is 6.92 Å². The van der Waals surface area contributed by atoms with E-state index in [9.17, 15) is 5.11 Å². The van der Waals surface area contributed by atoms with Crippen LogP contribution in [0.15, 0.2) is 54.6 Å². The number of hydrogen-bond acceptors (Lipinski definition) is 1. The second-order valence-corrected chi connectivity index (χ2v) is 4.44. The van der Waals surface area contributed by atoms with Gasteiger partial charge in [-0.15, -0.1) is 0 Å². The molecule has 0 aliphatic heterocycles. The van der Waals surface area contributed by atoms with Crippen LogP contribution in [0.25, 0.3) is 21.5 Å². The van der Waals surface area contributed by atoms with E-state index in [0.29, 0.717) is 0 Å². The standard InChI is InChI=1S/C16H14O/c1-11(17)13-8-9-16-14(10-13)7-6-12-4-2-3-5-15(12)16/h2-11,17H,1H3. The van der Waals surface area contributed by atoms with Crippen LogP contribution >= 0.6 is 0 Å². The van der Waals surface area contributed by atoms with Crippen LogP contribution in [-0.2, 0) is 0 Å². The molecule has 0 aromatic heterocycles. The van der Waals surface area contributed by atoms with Crippen LogP contribution in [0.2, 0.25) is 0 Å². The highest BCUT2D eigenvalue weighted by atomic mass is 16.3. The molecule has 1 nitrogen and oxygen atoms in total. The van der Waals surface area contributed by atoms with Gasteiger partial charge in [-0.05, 0) is 40.1 Å². The third-order valence-electron chi connectivity index (χ3n) is 3.25. The highest BCUT2D eigenvalue weighted by Gasteiger charge is 2.04. The average molecular weight is 222 g/mol. The topological polar surface area (TPSA) is 20.2 Å². The molecular formula is C16H14O. The summed E-state index contributed by atoms with van der Waals surface area (Å²) in [5.41, 5.74) is 0.966. The van der Waals surface area contributed by atoms with Crippen LogP contribution in [0.4, 0.5) is 0 Å². The summed E-state index contributed by atoms with van der Waals surface area (Å²) in [6, 6.07) is 18.8. The second kappa shape index (κ2) is 3.86. The molecule has 1 atom stereocenters. The van der Waals surface area contributed by atoms with Gasteiger partial charge >= 0.3 is 0 Å². The predicted molar refractivity (Wildman–Crippen MR) is 72.1 cm³/mol. The van der Waals surface area contributed by atoms with Gasteiger partial charge in [-0.1, -0.05) is 48.5 Å². The first-order valence-corrected chi connectivity index (χ1v) is 5.85. The van der Waals surface area contributed by atoms with Gasteiger partial charge < -0.3 is 5.11 Å². The van der Waals surface area contributed by atoms with Crippen molar-refractivity contribution in [3.05, 3.63) is 60.2 Å². The monoisotopic (exact) mass is 222 g/mol. The Bertz CT molecular complexity index is 683. The van der Waals surface area contributed by atoms with Crippen LogP contribution in [0, 0.1) is 0 Å². The quantitative estimate of drug-likeness (QED) is 0.616. The molecule has 3 aromatic carbocycles. The third kappa shape index (κ3) is 1.69. The molecule has 1 heteroatoms. The molecule has 1 N–H and O–H groups in total. The van der Waals surface area contributed by atoms with Crippen LogP contribution in [0.5, 0.6) is 0 Å². The van der Waals surface area contributed by atoms with Crippen molar-refractivity contribution in [1.82, 2.24) is 0 Å². The van der Waals surface area contributed by atoms with Gasteiger partial charge in [0.15, 0.2) is 0 Å². The highest BCUT2D eigenvalue weighted by molar-refractivity contribution is 6.07. The fraction of sp³-hybridized carbons (Fsp3) is 0.125. The minimum atomic E-state index is -0.411. The molecule has 0 fully saturated rings. The van der Waals surface area contributed by atoms with Gasteiger partial charge in [0.05, 0.1) is 6.10 Å². The van der Waals surface area contributed by atoms with Gasteiger partial charge in [0, 0.05) is 0 Å². The Hall–Kier alpha value is -1.86. The summed E-state index contributed by atoms with van der Waals surface area (Å²) < 4.78 is 0. The van der Waals surface area contributed by atoms with E-state index in [0.717, 1.165) is 5.56 Å². The van der Waals surface area contributed by atoms with Crippen molar-refractivity contribution in [3.63, 3.8) is 0 Å². The Morgan fingerprint density at radius 2 is 1.53 bits per heavy atom. The fourth-order valence-electron chi connectivity index (χ4n) is 2.29. The lowest BCUT2D eigenvalue weighted by Gasteiger charge is -2.08. The van der Waals surface area contributed by atoms with Crippen LogP contribution in [0.1, 0.15) is 18.6 Å². The van der Waals surface area contributed by atoms with Crippen LogP contribution in [-0.4, -0.2) is 5.11 Å². The molecule has 0 saturated heterocycles. The zero-order chi connectivity index (χ0) is 11.8. The molecule has 0 bridgehead atoms. The summed E-state index contributed by atoms with van der Waals surface area (Å²) in [7, 11) is 0.